The maximum atomic E-state index is 2.34. The zero-order valence-corrected chi connectivity index (χ0v) is 9.59. The van der Waals surface area contributed by atoms with Crippen LogP contribution in [0.5, 0.6) is 0 Å². The van der Waals surface area contributed by atoms with Crippen molar-refractivity contribution < 1.29 is 0 Å². The van der Waals surface area contributed by atoms with Crippen LogP contribution in [0.2, 0.25) is 0 Å². The van der Waals surface area contributed by atoms with Crippen molar-refractivity contribution in [3.05, 3.63) is 53.1 Å². The molecule has 0 bridgehead atoms. The molecule has 1 aliphatic rings. The molecule has 0 nitrogen and oxygen atoms in total. The Hall–Kier alpha value is -1.30. The molecule has 0 aromatic heterocycles. The molecule has 0 radical (unpaired) electrons. The van der Waals surface area contributed by atoms with E-state index in [1.54, 1.807) is 0 Å². The van der Waals surface area contributed by atoms with E-state index in [1.807, 2.05) is 0 Å². The van der Waals surface area contributed by atoms with Crippen molar-refractivity contribution in [1.82, 2.24) is 0 Å². The van der Waals surface area contributed by atoms with Gasteiger partial charge in [0, 0.05) is 0 Å². The summed E-state index contributed by atoms with van der Waals surface area (Å²) in [6.07, 6.45) is 8.01. The van der Waals surface area contributed by atoms with Crippen molar-refractivity contribution in [2.24, 2.45) is 0 Å². The first-order valence-corrected chi connectivity index (χ1v) is 5.75. The molecule has 0 heterocycles. The Bertz CT molecular complexity index is 408. The molecule has 0 saturated carbocycles. The maximum Gasteiger partial charge on any atom is -0.00608 e. The van der Waals surface area contributed by atoms with E-state index in [1.165, 1.54) is 35.1 Å². The van der Waals surface area contributed by atoms with Gasteiger partial charge in [-0.05, 0) is 36.5 Å². The van der Waals surface area contributed by atoms with Gasteiger partial charge in [0.1, 0.15) is 0 Å². The first-order chi connectivity index (χ1) is 7.29. The molecule has 0 fully saturated rings. The second kappa shape index (κ2) is 4.48. The smallest absolute Gasteiger partial charge is 0.00608 e. The lowest BCUT2D eigenvalue weighted by atomic mass is 9.99. The highest BCUT2D eigenvalue weighted by Crippen LogP contribution is 2.28. The van der Waals surface area contributed by atoms with Crippen molar-refractivity contribution in [2.45, 2.75) is 33.1 Å². The summed E-state index contributed by atoms with van der Waals surface area (Å²) in [5.41, 5.74) is 5.78. The summed E-state index contributed by atoms with van der Waals surface area (Å²) >= 11 is 0. The Morgan fingerprint density at radius 2 is 2.07 bits per heavy atom. The molecule has 15 heavy (non-hydrogen) atoms. The summed E-state index contributed by atoms with van der Waals surface area (Å²) in [6, 6.07) is 8.96. The Morgan fingerprint density at radius 3 is 2.73 bits per heavy atom. The molecule has 1 aromatic carbocycles. The van der Waals surface area contributed by atoms with Crippen molar-refractivity contribution in [1.29, 1.82) is 0 Å². The summed E-state index contributed by atoms with van der Waals surface area (Å²) < 4.78 is 0. The summed E-state index contributed by atoms with van der Waals surface area (Å²) in [5.74, 6) is 0. The molecule has 1 aliphatic carbocycles. The number of benzene rings is 1. The minimum absolute atomic E-state index is 1.12. The molecule has 0 unspecified atom stereocenters. The first-order valence-electron chi connectivity index (χ1n) is 5.75. The Kier molecular flexibility index (Phi) is 3.05. The van der Waals surface area contributed by atoms with Gasteiger partial charge in [0.15, 0.2) is 0 Å². The van der Waals surface area contributed by atoms with E-state index in [4.69, 9.17) is 0 Å². The average molecular weight is 198 g/mol. The second-order valence-corrected chi connectivity index (χ2v) is 4.33. The third-order valence-corrected chi connectivity index (χ3v) is 2.87. The fourth-order valence-corrected chi connectivity index (χ4v) is 2.07. The monoisotopic (exact) mass is 198 g/mol. The summed E-state index contributed by atoms with van der Waals surface area (Å²) in [5, 5.41) is 0. The normalized spacial score (nSPS) is 15.1. The van der Waals surface area contributed by atoms with Crippen LogP contribution in [-0.4, -0.2) is 0 Å². The fourth-order valence-electron chi connectivity index (χ4n) is 2.07. The quantitative estimate of drug-likeness (QED) is 0.676. The third-order valence-electron chi connectivity index (χ3n) is 2.87. The lowest BCUT2D eigenvalue weighted by molar-refractivity contribution is 0.921. The van der Waals surface area contributed by atoms with E-state index in [0.29, 0.717) is 0 Å². The zero-order chi connectivity index (χ0) is 10.7. The highest BCUT2D eigenvalue weighted by molar-refractivity contribution is 5.72. The highest BCUT2D eigenvalue weighted by atomic mass is 14.1. The Labute approximate surface area is 92.3 Å². The topological polar surface area (TPSA) is 0 Å². The van der Waals surface area contributed by atoms with Crippen molar-refractivity contribution in [3.8, 4) is 0 Å². The number of rotatable bonds is 3. The van der Waals surface area contributed by atoms with Gasteiger partial charge in [-0.3, -0.25) is 0 Å². The van der Waals surface area contributed by atoms with E-state index in [0.717, 1.165) is 6.42 Å². The molecule has 0 saturated heterocycles. The number of allylic oxidation sites excluding steroid dienone is 4. The van der Waals surface area contributed by atoms with Crippen molar-refractivity contribution in [2.75, 3.05) is 0 Å². The lowest BCUT2D eigenvalue weighted by Gasteiger charge is -2.06. The van der Waals surface area contributed by atoms with Crippen LogP contribution in [-0.2, 0) is 6.42 Å². The number of hydrogen-bond donors (Lipinski definition) is 0. The van der Waals surface area contributed by atoms with Gasteiger partial charge in [0.05, 0.1) is 0 Å². The minimum atomic E-state index is 1.12. The predicted molar refractivity (Wildman–Crippen MR) is 66.8 cm³/mol. The van der Waals surface area contributed by atoms with Crippen LogP contribution in [0.3, 0.4) is 0 Å². The van der Waals surface area contributed by atoms with Crippen LogP contribution in [0.1, 0.15) is 37.8 Å². The lowest BCUT2D eigenvalue weighted by Crippen LogP contribution is -1.87. The molecular weight excluding hydrogens is 180 g/mol. The van der Waals surface area contributed by atoms with E-state index in [2.05, 4.69) is 50.3 Å². The summed E-state index contributed by atoms with van der Waals surface area (Å²) in [6.45, 7) is 4.42. The van der Waals surface area contributed by atoms with Gasteiger partial charge in [0.2, 0.25) is 0 Å². The largest absolute Gasteiger partial charge is 0.0689 e. The second-order valence-electron chi connectivity index (χ2n) is 4.33. The van der Waals surface area contributed by atoms with Crippen LogP contribution >= 0.6 is 0 Å². The molecule has 78 valence electrons. The summed E-state index contributed by atoms with van der Waals surface area (Å²) in [4.78, 5) is 0. The van der Waals surface area contributed by atoms with E-state index >= 15 is 0 Å². The van der Waals surface area contributed by atoms with E-state index in [9.17, 15) is 0 Å². The molecular formula is C15H18. The van der Waals surface area contributed by atoms with Gasteiger partial charge in [-0.1, -0.05) is 55.3 Å². The maximum absolute atomic E-state index is 2.34. The average Bonchev–Trinajstić information content (AvgIpc) is 2.66. The van der Waals surface area contributed by atoms with Crippen LogP contribution < -0.4 is 0 Å². The Balaban J connectivity index is 2.19. The molecule has 0 spiro atoms. The fraction of sp³-hybridized carbons (Fsp3) is 0.333. The summed E-state index contributed by atoms with van der Waals surface area (Å²) in [7, 11) is 0. The molecule has 0 N–H and O–H groups in total. The number of hydrogen-bond acceptors (Lipinski definition) is 0. The van der Waals surface area contributed by atoms with Crippen LogP contribution in [0, 0.1) is 0 Å². The molecule has 1 aromatic rings. The standard InChI is InChI=1S/C15H18/c1-3-5-13-6-4-7-14(11-13)15-9-8-12(2)10-15/h4,6-9,11H,3,5,10H2,1-2H3. The van der Waals surface area contributed by atoms with Gasteiger partial charge in [-0.2, -0.15) is 0 Å². The van der Waals surface area contributed by atoms with E-state index in [-0.39, 0.29) is 0 Å². The van der Waals surface area contributed by atoms with Crippen LogP contribution in [0.4, 0.5) is 0 Å². The van der Waals surface area contributed by atoms with Crippen molar-refractivity contribution in [3.63, 3.8) is 0 Å². The zero-order valence-electron chi connectivity index (χ0n) is 9.59. The first kappa shape index (κ1) is 10.2. The van der Waals surface area contributed by atoms with Crippen LogP contribution in [0.25, 0.3) is 5.57 Å². The third kappa shape index (κ3) is 2.38. The molecule has 2 rings (SSSR count). The van der Waals surface area contributed by atoms with Gasteiger partial charge < -0.3 is 0 Å². The van der Waals surface area contributed by atoms with Crippen LogP contribution in [0.15, 0.2) is 42.0 Å². The van der Waals surface area contributed by atoms with Gasteiger partial charge >= 0.3 is 0 Å². The molecule has 0 atom stereocenters. The van der Waals surface area contributed by atoms with E-state index < -0.39 is 0 Å². The highest BCUT2D eigenvalue weighted by Gasteiger charge is 2.07. The van der Waals surface area contributed by atoms with Gasteiger partial charge in [0.25, 0.3) is 0 Å². The minimum Gasteiger partial charge on any atom is -0.0689 e. The Morgan fingerprint density at radius 1 is 1.20 bits per heavy atom. The molecule has 0 heteroatoms. The predicted octanol–water partition coefficient (Wildman–Crippen LogP) is 4.37. The number of aryl methyl sites for hydroxylation is 1. The SMILES string of the molecule is CCCc1cccc(C2=CC=C(C)C2)c1. The molecule has 0 aliphatic heterocycles. The van der Waals surface area contributed by atoms with Gasteiger partial charge in [-0.25, -0.2) is 0 Å². The van der Waals surface area contributed by atoms with Gasteiger partial charge in [-0.15, -0.1) is 0 Å². The van der Waals surface area contributed by atoms with Crippen molar-refractivity contribution >= 4 is 5.57 Å². The molecule has 0 amide bonds.